The van der Waals surface area contributed by atoms with Crippen LogP contribution in [0, 0.1) is 12.8 Å². The Bertz CT molecular complexity index is 380. The van der Waals surface area contributed by atoms with Crippen molar-refractivity contribution in [2.45, 2.75) is 31.6 Å². The molecule has 0 unspecified atom stereocenters. The lowest BCUT2D eigenvalue weighted by Gasteiger charge is -2.07. The molecule has 2 heteroatoms. The van der Waals surface area contributed by atoms with Crippen molar-refractivity contribution in [1.29, 1.82) is 0 Å². The van der Waals surface area contributed by atoms with Gasteiger partial charge in [0.05, 0.1) is 0 Å². The van der Waals surface area contributed by atoms with E-state index >= 15 is 0 Å². The molecule has 80 valence electrons. The molecule has 1 saturated carbocycles. The van der Waals surface area contributed by atoms with Gasteiger partial charge in [0, 0.05) is 16.4 Å². The standard InChI is InChI=1S/C13H16OS/c1-3-15-12-7-4-9(2)8-11(12)13(14)10-5-6-10/h4,7-8,10H,3,5-6H2,1-2H3. The Morgan fingerprint density at radius 1 is 1.47 bits per heavy atom. The summed E-state index contributed by atoms with van der Waals surface area (Å²) in [6.07, 6.45) is 2.17. The Morgan fingerprint density at radius 3 is 2.80 bits per heavy atom. The molecule has 0 atom stereocenters. The average molecular weight is 220 g/mol. The molecule has 2 rings (SSSR count). The molecule has 0 aliphatic heterocycles. The Kier molecular flexibility index (Phi) is 3.15. The first-order chi connectivity index (χ1) is 7.22. The van der Waals surface area contributed by atoms with Crippen LogP contribution in [0.1, 0.15) is 35.7 Å². The molecule has 1 aliphatic rings. The predicted octanol–water partition coefficient (Wildman–Crippen LogP) is 3.70. The number of hydrogen-bond acceptors (Lipinski definition) is 2. The number of benzene rings is 1. The lowest BCUT2D eigenvalue weighted by Crippen LogP contribution is -2.03. The van der Waals surface area contributed by atoms with Gasteiger partial charge in [-0.2, -0.15) is 0 Å². The Hall–Kier alpha value is -0.760. The molecular weight excluding hydrogens is 204 g/mol. The van der Waals surface area contributed by atoms with Crippen molar-refractivity contribution in [1.82, 2.24) is 0 Å². The Labute approximate surface area is 95.3 Å². The normalized spacial score (nSPS) is 15.3. The molecule has 0 heterocycles. The molecule has 0 amide bonds. The van der Waals surface area contributed by atoms with Crippen molar-refractivity contribution in [3.8, 4) is 0 Å². The summed E-state index contributed by atoms with van der Waals surface area (Å²) in [4.78, 5) is 13.2. The third kappa shape index (κ3) is 2.43. The van der Waals surface area contributed by atoms with Crippen LogP contribution in [0.25, 0.3) is 0 Å². The zero-order valence-electron chi connectivity index (χ0n) is 9.25. The second kappa shape index (κ2) is 4.40. The van der Waals surface area contributed by atoms with Crippen molar-refractivity contribution in [3.63, 3.8) is 0 Å². The van der Waals surface area contributed by atoms with Gasteiger partial charge in [-0.1, -0.05) is 18.6 Å². The number of ketones is 1. The summed E-state index contributed by atoms with van der Waals surface area (Å²) in [6.45, 7) is 4.17. The number of thioether (sulfide) groups is 1. The number of Topliss-reactive ketones (excluding diaryl/α,β-unsaturated/α-hetero) is 1. The summed E-state index contributed by atoms with van der Waals surface area (Å²) in [7, 11) is 0. The van der Waals surface area contributed by atoms with E-state index in [2.05, 4.69) is 19.1 Å². The lowest BCUT2D eigenvalue weighted by atomic mass is 10.0. The molecular formula is C13H16OS. The average Bonchev–Trinajstić information content (AvgIpc) is 3.03. The van der Waals surface area contributed by atoms with Crippen molar-refractivity contribution < 1.29 is 4.79 Å². The van der Waals surface area contributed by atoms with Gasteiger partial charge < -0.3 is 0 Å². The molecule has 1 aliphatic carbocycles. The minimum Gasteiger partial charge on any atom is -0.294 e. The molecule has 1 aromatic rings. The van der Waals surface area contributed by atoms with Gasteiger partial charge in [0.2, 0.25) is 0 Å². The van der Waals surface area contributed by atoms with Crippen LogP contribution in [-0.2, 0) is 0 Å². The molecule has 0 bridgehead atoms. The molecule has 0 aromatic heterocycles. The van der Waals surface area contributed by atoms with E-state index in [9.17, 15) is 4.79 Å². The van der Waals surface area contributed by atoms with E-state index in [1.807, 2.05) is 13.0 Å². The summed E-state index contributed by atoms with van der Waals surface area (Å²) in [5.74, 6) is 1.70. The second-order valence-electron chi connectivity index (χ2n) is 4.07. The third-order valence-corrected chi connectivity index (χ3v) is 3.60. The molecule has 0 N–H and O–H groups in total. The first kappa shape index (κ1) is 10.7. The molecule has 1 aromatic carbocycles. The summed E-state index contributed by atoms with van der Waals surface area (Å²) in [5.41, 5.74) is 2.13. The molecule has 15 heavy (non-hydrogen) atoms. The zero-order chi connectivity index (χ0) is 10.8. The number of hydrogen-bond donors (Lipinski definition) is 0. The van der Waals surface area contributed by atoms with Crippen LogP contribution < -0.4 is 0 Å². The number of aryl methyl sites for hydroxylation is 1. The highest BCUT2D eigenvalue weighted by atomic mass is 32.2. The third-order valence-electron chi connectivity index (χ3n) is 2.65. The van der Waals surface area contributed by atoms with Gasteiger partial charge in [-0.05, 0) is 37.7 Å². The summed E-state index contributed by atoms with van der Waals surface area (Å²) >= 11 is 1.76. The van der Waals surface area contributed by atoms with E-state index in [4.69, 9.17) is 0 Å². The van der Waals surface area contributed by atoms with Crippen LogP contribution in [0.15, 0.2) is 23.1 Å². The lowest BCUT2D eigenvalue weighted by molar-refractivity contribution is 0.0964. The maximum atomic E-state index is 12.0. The largest absolute Gasteiger partial charge is 0.294 e. The highest BCUT2D eigenvalue weighted by Gasteiger charge is 2.31. The number of rotatable bonds is 4. The van der Waals surface area contributed by atoms with Gasteiger partial charge in [-0.15, -0.1) is 11.8 Å². The van der Waals surface area contributed by atoms with Crippen LogP contribution in [0.2, 0.25) is 0 Å². The van der Waals surface area contributed by atoms with Gasteiger partial charge in [0.1, 0.15) is 0 Å². The van der Waals surface area contributed by atoms with Crippen LogP contribution in [0.4, 0.5) is 0 Å². The van der Waals surface area contributed by atoms with Gasteiger partial charge in [0.15, 0.2) is 5.78 Å². The quantitative estimate of drug-likeness (QED) is 0.568. The van der Waals surface area contributed by atoms with E-state index in [0.29, 0.717) is 11.7 Å². The topological polar surface area (TPSA) is 17.1 Å². The molecule has 0 saturated heterocycles. The first-order valence-electron chi connectivity index (χ1n) is 5.50. The fourth-order valence-electron chi connectivity index (χ4n) is 1.68. The van der Waals surface area contributed by atoms with Gasteiger partial charge in [-0.25, -0.2) is 0 Å². The van der Waals surface area contributed by atoms with Crippen molar-refractivity contribution in [3.05, 3.63) is 29.3 Å². The van der Waals surface area contributed by atoms with Gasteiger partial charge in [0.25, 0.3) is 0 Å². The number of carbonyl (C=O) groups excluding carboxylic acids is 1. The molecule has 1 nitrogen and oxygen atoms in total. The van der Waals surface area contributed by atoms with Gasteiger partial charge in [-0.3, -0.25) is 4.79 Å². The van der Waals surface area contributed by atoms with E-state index in [-0.39, 0.29) is 0 Å². The van der Waals surface area contributed by atoms with E-state index in [1.165, 1.54) is 5.56 Å². The van der Waals surface area contributed by atoms with Crippen molar-refractivity contribution >= 4 is 17.5 Å². The number of carbonyl (C=O) groups is 1. The summed E-state index contributed by atoms with van der Waals surface area (Å²) in [5, 5.41) is 0. The fraction of sp³-hybridized carbons (Fsp3) is 0.462. The maximum absolute atomic E-state index is 12.0. The maximum Gasteiger partial charge on any atom is 0.167 e. The Balaban J connectivity index is 2.32. The van der Waals surface area contributed by atoms with Gasteiger partial charge >= 0.3 is 0 Å². The SMILES string of the molecule is CCSc1ccc(C)cc1C(=O)C1CC1. The van der Waals surface area contributed by atoms with E-state index in [0.717, 1.165) is 29.1 Å². The van der Waals surface area contributed by atoms with Crippen LogP contribution in [0.3, 0.4) is 0 Å². The highest BCUT2D eigenvalue weighted by molar-refractivity contribution is 7.99. The molecule has 0 spiro atoms. The van der Waals surface area contributed by atoms with Crippen molar-refractivity contribution in [2.75, 3.05) is 5.75 Å². The summed E-state index contributed by atoms with van der Waals surface area (Å²) in [6, 6.07) is 6.21. The minimum absolute atomic E-state index is 0.322. The zero-order valence-corrected chi connectivity index (χ0v) is 10.1. The van der Waals surface area contributed by atoms with Crippen LogP contribution in [0.5, 0.6) is 0 Å². The smallest absolute Gasteiger partial charge is 0.167 e. The molecule has 0 radical (unpaired) electrons. The summed E-state index contributed by atoms with van der Waals surface area (Å²) < 4.78 is 0. The second-order valence-corrected chi connectivity index (χ2v) is 5.38. The first-order valence-corrected chi connectivity index (χ1v) is 6.48. The van der Waals surface area contributed by atoms with E-state index in [1.54, 1.807) is 11.8 Å². The Morgan fingerprint density at radius 2 is 2.20 bits per heavy atom. The highest BCUT2D eigenvalue weighted by Crippen LogP contribution is 2.35. The van der Waals surface area contributed by atoms with E-state index < -0.39 is 0 Å². The monoisotopic (exact) mass is 220 g/mol. The van der Waals surface area contributed by atoms with Crippen LogP contribution in [-0.4, -0.2) is 11.5 Å². The fourth-order valence-corrected chi connectivity index (χ4v) is 2.47. The van der Waals surface area contributed by atoms with Crippen molar-refractivity contribution in [2.24, 2.45) is 5.92 Å². The predicted molar refractivity (Wildman–Crippen MR) is 64.6 cm³/mol. The minimum atomic E-state index is 0.322. The molecule has 1 fully saturated rings. The van der Waals surface area contributed by atoms with Crippen LogP contribution >= 0.6 is 11.8 Å².